The summed E-state index contributed by atoms with van der Waals surface area (Å²) in [5, 5.41) is 2.86. The minimum atomic E-state index is -0.323. The number of nitrogens with zero attached hydrogens (tertiary/aromatic N) is 2. The lowest BCUT2D eigenvalue weighted by Gasteiger charge is -2.41. The van der Waals surface area contributed by atoms with Crippen LogP contribution in [0.25, 0.3) is 0 Å². The highest BCUT2D eigenvalue weighted by Gasteiger charge is 2.39. The first-order valence-electron chi connectivity index (χ1n) is 8.43. The molecule has 1 N–H and O–H groups in total. The smallest absolute Gasteiger partial charge is 0.245 e. The number of piperidine rings is 1. The number of hydrogen-bond acceptors (Lipinski definition) is 3. The lowest BCUT2D eigenvalue weighted by molar-refractivity contribution is -0.150. The molecule has 0 aromatic carbocycles. The van der Waals surface area contributed by atoms with E-state index in [0.29, 0.717) is 18.8 Å². The van der Waals surface area contributed by atoms with Crippen molar-refractivity contribution in [3.8, 4) is 0 Å². The van der Waals surface area contributed by atoms with Crippen molar-refractivity contribution in [2.75, 3.05) is 26.2 Å². The van der Waals surface area contributed by atoms with E-state index in [1.54, 1.807) is 0 Å². The van der Waals surface area contributed by atoms with Crippen LogP contribution in [0.2, 0.25) is 0 Å². The van der Waals surface area contributed by atoms with E-state index >= 15 is 0 Å². The molecule has 2 aliphatic heterocycles. The highest BCUT2D eigenvalue weighted by molar-refractivity contribution is 5.96. The summed E-state index contributed by atoms with van der Waals surface area (Å²) in [6.45, 7) is 10.2. The van der Waals surface area contributed by atoms with Gasteiger partial charge in [0.15, 0.2) is 0 Å². The van der Waals surface area contributed by atoms with Crippen LogP contribution in [0.4, 0.5) is 0 Å². The fourth-order valence-electron chi connectivity index (χ4n) is 3.49. The number of likely N-dealkylation sites (tertiary alicyclic amines) is 1. The molecule has 5 nitrogen and oxygen atoms in total. The molecule has 0 spiro atoms. The van der Waals surface area contributed by atoms with Gasteiger partial charge < -0.3 is 15.1 Å². The first-order valence-corrected chi connectivity index (χ1v) is 8.43. The molecule has 2 amide bonds. The van der Waals surface area contributed by atoms with Crippen LogP contribution >= 0.6 is 0 Å². The monoisotopic (exact) mass is 295 g/mol. The fourth-order valence-corrected chi connectivity index (χ4v) is 3.49. The van der Waals surface area contributed by atoms with Gasteiger partial charge >= 0.3 is 0 Å². The van der Waals surface area contributed by atoms with Crippen molar-refractivity contribution in [3.05, 3.63) is 0 Å². The Balaban J connectivity index is 2.01. The van der Waals surface area contributed by atoms with Crippen molar-refractivity contribution < 1.29 is 9.59 Å². The molecule has 0 aromatic heterocycles. The summed E-state index contributed by atoms with van der Waals surface area (Å²) in [5.74, 6) is 0.672. The van der Waals surface area contributed by atoms with Gasteiger partial charge in [0.2, 0.25) is 11.8 Å². The summed E-state index contributed by atoms with van der Waals surface area (Å²) >= 11 is 0. The Kier molecular flexibility index (Phi) is 5.62. The third kappa shape index (κ3) is 3.57. The van der Waals surface area contributed by atoms with Crippen molar-refractivity contribution in [1.82, 2.24) is 15.1 Å². The van der Waals surface area contributed by atoms with Gasteiger partial charge in [0.1, 0.15) is 12.1 Å². The second-order valence-corrected chi connectivity index (χ2v) is 6.26. The van der Waals surface area contributed by atoms with Gasteiger partial charge in [-0.15, -0.1) is 0 Å². The fraction of sp³-hybridized carbons (Fsp3) is 0.875. The molecule has 21 heavy (non-hydrogen) atoms. The number of hydrogen-bond donors (Lipinski definition) is 1. The molecule has 2 atom stereocenters. The highest BCUT2D eigenvalue weighted by atomic mass is 16.2. The minimum absolute atomic E-state index is 0.0231. The number of carbonyl (C=O) groups excluding carboxylic acids is 2. The van der Waals surface area contributed by atoms with Crippen LogP contribution in [0.1, 0.15) is 46.5 Å². The predicted molar refractivity (Wildman–Crippen MR) is 82.9 cm³/mol. The van der Waals surface area contributed by atoms with Gasteiger partial charge in [0.25, 0.3) is 0 Å². The van der Waals surface area contributed by atoms with E-state index in [4.69, 9.17) is 0 Å². The largest absolute Gasteiger partial charge is 0.343 e. The number of piperazine rings is 1. The summed E-state index contributed by atoms with van der Waals surface area (Å²) in [4.78, 5) is 29.1. The topological polar surface area (TPSA) is 52.7 Å². The second-order valence-electron chi connectivity index (χ2n) is 6.26. The van der Waals surface area contributed by atoms with Crippen LogP contribution in [0.15, 0.2) is 0 Å². The van der Waals surface area contributed by atoms with Gasteiger partial charge in [0.05, 0.1) is 0 Å². The van der Waals surface area contributed by atoms with Crippen molar-refractivity contribution in [3.63, 3.8) is 0 Å². The summed E-state index contributed by atoms with van der Waals surface area (Å²) in [5.41, 5.74) is 0. The van der Waals surface area contributed by atoms with E-state index in [9.17, 15) is 9.59 Å². The molecule has 0 bridgehead atoms. The van der Waals surface area contributed by atoms with Crippen LogP contribution in [-0.4, -0.2) is 59.9 Å². The Bertz CT molecular complexity index is 378. The summed E-state index contributed by atoms with van der Waals surface area (Å²) in [6.07, 6.45) is 3.63. The summed E-state index contributed by atoms with van der Waals surface area (Å²) in [7, 11) is 0. The Morgan fingerprint density at radius 3 is 2.29 bits per heavy atom. The molecule has 0 aromatic rings. The molecule has 2 aliphatic rings. The molecule has 5 heteroatoms. The molecule has 2 rings (SSSR count). The average Bonchev–Trinajstić information content (AvgIpc) is 2.51. The molecular formula is C16H29N3O2. The molecule has 0 aliphatic carbocycles. The third-order valence-corrected chi connectivity index (χ3v) is 4.98. The van der Waals surface area contributed by atoms with E-state index in [1.165, 1.54) is 0 Å². The van der Waals surface area contributed by atoms with E-state index < -0.39 is 0 Å². The maximum Gasteiger partial charge on any atom is 0.245 e. The second kappa shape index (κ2) is 7.25. The molecule has 2 fully saturated rings. The average molecular weight is 295 g/mol. The maximum absolute atomic E-state index is 12.6. The Morgan fingerprint density at radius 2 is 1.76 bits per heavy atom. The Labute approximate surface area is 128 Å². The van der Waals surface area contributed by atoms with Gasteiger partial charge in [-0.25, -0.2) is 0 Å². The first-order chi connectivity index (χ1) is 10.1. The van der Waals surface area contributed by atoms with Gasteiger partial charge in [-0.1, -0.05) is 20.8 Å². The highest BCUT2D eigenvalue weighted by Crippen LogP contribution is 2.22. The van der Waals surface area contributed by atoms with Crippen LogP contribution in [0.5, 0.6) is 0 Å². The van der Waals surface area contributed by atoms with Crippen molar-refractivity contribution in [2.45, 2.75) is 58.5 Å². The maximum atomic E-state index is 12.6. The number of amides is 2. The molecule has 0 radical (unpaired) electrons. The first kappa shape index (κ1) is 16.3. The lowest BCUT2D eigenvalue weighted by atomic mass is 9.93. The zero-order valence-electron chi connectivity index (χ0n) is 13.6. The van der Waals surface area contributed by atoms with Crippen LogP contribution in [0, 0.1) is 5.92 Å². The van der Waals surface area contributed by atoms with Crippen LogP contribution in [0.3, 0.4) is 0 Å². The predicted octanol–water partition coefficient (Wildman–Crippen LogP) is 1.23. The van der Waals surface area contributed by atoms with Gasteiger partial charge in [-0.05, 0) is 51.2 Å². The number of carbonyl (C=O) groups is 2. The van der Waals surface area contributed by atoms with Gasteiger partial charge in [0, 0.05) is 6.54 Å². The molecule has 2 unspecified atom stereocenters. The molecule has 0 saturated carbocycles. The van der Waals surface area contributed by atoms with Crippen molar-refractivity contribution >= 4 is 11.8 Å². The zero-order chi connectivity index (χ0) is 15.4. The molecule has 2 heterocycles. The lowest BCUT2D eigenvalue weighted by Crippen LogP contribution is -2.63. The molecule has 120 valence electrons. The summed E-state index contributed by atoms with van der Waals surface area (Å²) < 4.78 is 0. The van der Waals surface area contributed by atoms with Crippen molar-refractivity contribution in [2.24, 2.45) is 5.92 Å². The van der Waals surface area contributed by atoms with Crippen molar-refractivity contribution in [1.29, 1.82) is 0 Å². The standard InChI is InChI=1S/C16H29N3O2/c1-4-13-16(21)19(14(5-2)15(20)17-13)11-12-7-9-18(6-3)10-8-12/h12-14H,4-11H2,1-3H3,(H,17,20). The Hall–Kier alpha value is -1.10. The quantitative estimate of drug-likeness (QED) is 0.830. The molecule has 2 saturated heterocycles. The SMILES string of the molecule is CCC1NC(=O)C(CC)N(CC2CCN(CC)CC2)C1=O. The summed E-state index contributed by atoms with van der Waals surface area (Å²) in [6, 6.07) is -0.597. The van der Waals surface area contributed by atoms with Gasteiger partial charge in [-0.2, -0.15) is 0 Å². The van der Waals surface area contributed by atoms with Gasteiger partial charge in [-0.3, -0.25) is 9.59 Å². The Morgan fingerprint density at radius 1 is 1.10 bits per heavy atom. The normalized spacial score (nSPS) is 28.8. The third-order valence-electron chi connectivity index (χ3n) is 4.98. The zero-order valence-corrected chi connectivity index (χ0v) is 13.6. The van der Waals surface area contributed by atoms with E-state index in [2.05, 4.69) is 17.1 Å². The van der Waals surface area contributed by atoms with Crippen LogP contribution in [-0.2, 0) is 9.59 Å². The molecular weight excluding hydrogens is 266 g/mol. The van der Waals surface area contributed by atoms with E-state index in [1.807, 2.05) is 18.7 Å². The minimum Gasteiger partial charge on any atom is -0.343 e. The van der Waals surface area contributed by atoms with Crippen LogP contribution < -0.4 is 5.32 Å². The number of rotatable bonds is 5. The van der Waals surface area contributed by atoms with E-state index in [-0.39, 0.29) is 23.9 Å². The number of nitrogens with one attached hydrogen (secondary N) is 1. The van der Waals surface area contributed by atoms with E-state index in [0.717, 1.165) is 39.0 Å².